The number of rotatable bonds is 5. The van der Waals surface area contributed by atoms with Crippen LogP contribution in [0, 0.1) is 0 Å². The van der Waals surface area contributed by atoms with Crippen molar-refractivity contribution in [1.29, 1.82) is 0 Å². The van der Waals surface area contributed by atoms with Crippen molar-refractivity contribution >= 4 is 28.6 Å². The molecule has 3 aromatic carbocycles. The number of ether oxygens (including phenoxy) is 2. The van der Waals surface area contributed by atoms with Gasteiger partial charge in [-0.3, -0.25) is 4.79 Å². The molecular weight excluding hydrogens is 442 g/mol. The van der Waals surface area contributed by atoms with E-state index in [-0.39, 0.29) is 5.91 Å². The third-order valence-corrected chi connectivity index (χ3v) is 6.31. The van der Waals surface area contributed by atoms with E-state index in [1.165, 1.54) is 0 Å². The molecule has 5 rings (SSSR count). The third kappa shape index (κ3) is 4.42. The monoisotopic (exact) mass is 469 g/mol. The van der Waals surface area contributed by atoms with E-state index >= 15 is 0 Å². The topological polar surface area (TPSA) is 93.8 Å². The van der Waals surface area contributed by atoms with Gasteiger partial charge in [-0.15, -0.1) is 0 Å². The Morgan fingerprint density at radius 2 is 1.46 bits per heavy atom. The number of hydrogen-bond acceptors (Lipinski definition) is 7. The molecule has 1 amide bonds. The molecule has 2 N–H and O–H groups in total. The van der Waals surface area contributed by atoms with E-state index in [0.29, 0.717) is 65.9 Å². The van der Waals surface area contributed by atoms with Gasteiger partial charge in [0.25, 0.3) is 5.91 Å². The van der Waals surface area contributed by atoms with Crippen molar-refractivity contribution in [2.45, 2.75) is 0 Å². The Kier molecular flexibility index (Phi) is 6.10. The van der Waals surface area contributed by atoms with Crippen LogP contribution in [0.2, 0.25) is 0 Å². The molecule has 8 nitrogen and oxygen atoms in total. The summed E-state index contributed by atoms with van der Waals surface area (Å²) in [5, 5.41) is 0.708. The predicted octanol–water partition coefficient (Wildman–Crippen LogP) is 3.86. The van der Waals surface area contributed by atoms with Gasteiger partial charge in [0.1, 0.15) is 5.82 Å². The highest BCUT2D eigenvalue weighted by Crippen LogP contribution is 2.34. The van der Waals surface area contributed by atoms with Gasteiger partial charge in [-0.1, -0.05) is 42.5 Å². The number of benzene rings is 3. The van der Waals surface area contributed by atoms with Gasteiger partial charge in [-0.05, 0) is 29.3 Å². The number of nitrogens with zero attached hydrogens (tertiary/aromatic N) is 4. The van der Waals surface area contributed by atoms with Gasteiger partial charge < -0.3 is 25.0 Å². The molecule has 1 fully saturated rings. The van der Waals surface area contributed by atoms with Gasteiger partial charge in [-0.2, -0.15) is 4.98 Å². The largest absolute Gasteiger partial charge is 0.493 e. The molecule has 178 valence electrons. The summed E-state index contributed by atoms with van der Waals surface area (Å²) < 4.78 is 10.8. The smallest absolute Gasteiger partial charge is 0.253 e. The summed E-state index contributed by atoms with van der Waals surface area (Å²) in [4.78, 5) is 26.2. The highest BCUT2D eigenvalue weighted by atomic mass is 16.5. The minimum Gasteiger partial charge on any atom is -0.493 e. The number of fused-ring (bicyclic) bond motifs is 1. The van der Waals surface area contributed by atoms with E-state index in [4.69, 9.17) is 20.2 Å². The first kappa shape index (κ1) is 22.5. The summed E-state index contributed by atoms with van der Waals surface area (Å²) in [5.74, 6) is 2.11. The van der Waals surface area contributed by atoms with Gasteiger partial charge in [0.2, 0.25) is 5.95 Å². The average molecular weight is 470 g/mol. The van der Waals surface area contributed by atoms with Crippen LogP contribution in [0.15, 0.2) is 66.7 Å². The van der Waals surface area contributed by atoms with E-state index in [0.717, 1.165) is 11.1 Å². The average Bonchev–Trinajstić information content (AvgIpc) is 2.92. The number of piperazine rings is 1. The molecule has 8 heteroatoms. The third-order valence-electron chi connectivity index (χ3n) is 6.31. The van der Waals surface area contributed by atoms with Crippen molar-refractivity contribution in [3.63, 3.8) is 0 Å². The van der Waals surface area contributed by atoms with E-state index in [1.807, 2.05) is 47.4 Å². The Bertz CT molecular complexity index is 1350. The van der Waals surface area contributed by atoms with Gasteiger partial charge >= 0.3 is 0 Å². The lowest BCUT2D eigenvalue weighted by Gasteiger charge is -2.35. The van der Waals surface area contributed by atoms with Gasteiger partial charge in [-0.25, -0.2) is 4.98 Å². The lowest BCUT2D eigenvalue weighted by molar-refractivity contribution is 0.0746. The zero-order valence-electron chi connectivity index (χ0n) is 19.8. The number of methoxy groups -OCH3 is 2. The Hall–Kier alpha value is -4.33. The first-order valence-electron chi connectivity index (χ1n) is 11.5. The van der Waals surface area contributed by atoms with Crippen LogP contribution >= 0.6 is 0 Å². The van der Waals surface area contributed by atoms with Crippen LogP contribution in [-0.4, -0.2) is 61.2 Å². The molecule has 1 aromatic heterocycles. The Balaban J connectivity index is 1.29. The lowest BCUT2D eigenvalue weighted by atomic mass is 10.0. The molecule has 2 heterocycles. The Labute approximate surface area is 203 Å². The molecule has 0 spiro atoms. The molecule has 1 saturated heterocycles. The predicted molar refractivity (Wildman–Crippen MR) is 137 cm³/mol. The highest BCUT2D eigenvalue weighted by molar-refractivity contribution is 5.95. The van der Waals surface area contributed by atoms with Crippen molar-refractivity contribution in [2.24, 2.45) is 0 Å². The van der Waals surface area contributed by atoms with Crippen LogP contribution < -0.4 is 20.1 Å². The van der Waals surface area contributed by atoms with Crippen LogP contribution in [0.25, 0.3) is 22.0 Å². The first-order valence-corrected chi connectivity index (χ1v) is 11.5. The van der Waals surface area contributed by atoms with Crippen LogP contribution in [0.1, 0.15) is 10.4 Å². The molecule has 0 unspecified atom stereocenters. The summed E-state index contributed by atoms with van der Waals surface area (Å²) >= 11 is 0. The van der Waals surface area contributed by atoms with Crippen molar-refractivity contribution < 1.29 is 14.3 Å². The van der Waals surface area contributed by atoms with Crippen LogP contribution in [0.3, 0.4) is 0 Å². The second-order valence-corrected chi connectivity index (χ2v) is 8.36. The fourth-order valence-electron chi connectivity index (χ4n) is 4.34. The lowest BCUT2D eigenvalue weighted by Crippen LogP contribution is -2.49. The van der Waals surface area contributed by atoms with Gasteiger partial charge in [0.05, 0.1) is 19.7 Å². The molecule has 0 aliphatic carbocycles. The number of aromatic nitrogens is 2. The second kappa shape index (κ2) is 9.50. The standard InChI is InChI=1S/C27H27N5O3/c1-34-23-16-21-22(17-24(23)35-2)29-27(30-25(21)28)32-14-12-31(13-15-32)26(33)20-10-8-19(9-11-20)18-6-4-3-5-7-18/h3-11,16-17H,12-15H2,1-2H3,(H2,28,29,30). The molecule has 0 bridgehead atoms. The Morgan fingerprint density at radius 1 is 0.829 bits per heavy atom. The highest BCUT2D eigenvalue weighted by Gasteiger charge is 2.24. The molecule has 35 heavy (non-hydrogen) atoms. The first-order chi connectivity index (χ1) is 17.1. The maximum absolute atomic E-state index is 13.1. The SMILES string of the molecule is COc1cc2nc(N3CCN(C(=O)c4ccc(-c5ccccc5)cc4)CC3)nc(N)c2cc1OC. The number of nitrogens with two attached hydrogens (primary N) is 1. The number of nitrogen functional groups attached to an aromatic ring is 1. The van der Waals surface area contributed by atoms with Crippen LogP contribution in [0.5, 0.6) is 11.5 Å². The van der Waals surface area contributed by atoms with Crippen LogP contribution in [-0.2, 0) is 0 Å². The number of anilines is 2. The van der Waals surface area contributed by atoms with E-state index < -0.39 is 0 Å². The number of amides is 1. The van der Waals surface area contributed by atoms with Crippen LogP contribution in [0.4, 0.5) is 11.8 Å². The molecule has 0 atom stereocenters. The quantitative estimate of drug-likeness (QED) is 0.474. The molecule has 0 radical (unpaired) electrons. The van der Waals surface area contributed by atoms with Crippen molar-refractivity contribution in [3.05, 3.63) is 72.3 Å². The van der Waals surface area contributed by atoms with E-state index in [9.17, 15) is 4.79 Å². The summed E-state index contributed by atoms with van der Waals surface area (Å²) in [7, 11) is 3.16. The number of carbonyl (C=O) groups is 1. The molecular formula is C27H27N5O3. The normalized spacial score (nSPS) is 13.7. The minimum atomic E-state index is 0.0278. The maximum atomic E-state index is 13.1. The minimum absolute atomic E-state index is 0.0278. The zero-order valence-corrected chi connectivity index (χ0v) is 19.8. The maximum Gasteiger partial charge on any atom is 0.253 e. The summed E-state index contributed by atoms with van der Waals surface area (Å²) in [5.41, 5.74) is 9.83. The molecule has 1 aliphatic heterocycles. The fourth-order valence-corrected chi connectivity index (χ4v) is 4.34. The summed E-state index contributed by atoms with van der Waals surface area (Å²) in [6.45, 7) is 2.39. The zero-order chi connectivity index (χ0) is 24.4. The van der Waals surface area contributed by atoms with Gasteiger partial charge in [0, 0.05) is 43.2 Å². The van der Waals surface area contributed by atoms with Crippen molar-refractivity contribution in [1.82, 2.24) is 14.9 Å². The van der Waals surface area contributed by atoms with E-state index in [2.05, 4.69) is 22.0 Å². The molecule has 1 aliphatic rings. The molecule has 0 saturated carbocycles. The fraction of sp³-hybridized carbons (Fsp3) is 0.222. The van der Waals surface area contributed by atoms with Gasteiger partial charge in [0.15, 0.2) is 11.5 Å². The van der Waals surface area contributed by atoms with E-state index in [1.54, 1.807) is 26.4 Å². The van der Waals surface area contributed by atoms with Crippen molar-refractivity contribution in [2.75, 3.05) is 51.0 Å². The summed E-state index contributed by atoms with van der Waals surface area (Å²) in [6.07, 6.45) is 0. The molecule has 4 aromatic rings. The Morgan fingerprint density at radius 3 is 2.11 bits per heavy atom. The summed E-state index contributed by atoms with van der Waals surface area (Å²) in [6, 6.07) is 21.5. The second-order valence-electron chi connectivity index (χ2n) is 8.36. The number of hydrogen-bond donors (Lipinski definition) is 1. The van der Waals surface area contributed by atoms with Crippen molar-refractivity contribution in [3.8, 4) is 22.6 Å². The number of carbonyl (C=O) groups excluding carboxylic acids is 1.